The zero-order valence-electron chi connectivity index (χ0n) is 7.48. The average molecular weight is 174 g/mol. The predicted molar refractivity (Wildman–Crippen MR) is 42.4 cm³/mol. The Morgan fingerprint density at radius 2 is 2.25 bits per heavy atom. The molecule has 0 aliphatic carbocycles. The minimum atomic E-state index is -1.04. The molecule has 1 rings (SSSR count). The van der Waals surface area contributed by atoms with Gasteiger partial charge in [-0.15, -0.1) is 0 Å². The van der Waals surface area contributed by atoms with Crippen molar-refractivity contribution in [2.45, 2.75) is 25.1 Å². The van der Waals surface area contributed by atoms with Crippen LogP contribution in [0.3, 0.4) is 0 Å². The van der Waals surface area contributed by atoms with Crippen LogP contribution < -0.4 is 0 Å². The van der Waals surface area contributed by atoms with Crippen molar-refractivity contribution in [1.82, 2.24) is 0 Å². The molecule has 0 spiro atoms. The minimum Gasteiger partial charge on any atom is -0.387 e. The van der Waals surface area contributed by atoms with Crippen molar-refractivity contribution in [1.29, 1.82) is 0 Å². The molecule has 0 fully saturated rings. The maximum absolute atomic E-state index is 9.36. The molecular formula is C8H14O4. The van der Waals surface area contributed by atoms with E-state index in [1.165, 1.54) is 14.2 Å². The molecule has 1 aliphatic heterocycles. The first kappa shape index (κ1) is 9.67. The van der Waals surface area contributed by atoms with E-state index in [4.69, 9.17) is 14.2 Å². The summed E-state index contributed by atoms with van der Waals surface area (Å²) in [6, 6.07) is 0. The monoisotopic (exact) mass is 174 g/mol. The topological polar surface area (TPSA) is 47.9 Å². The molecule has 0 amide bonds. The van der Waals surface area contributed by atoms with E-state index in [1.807, 2.05) is 0 Å². The zero-order chi connectivity index (χ0) is 9.19. The predicted octanol–water partition coefficient (Wildman–Crippen LogP) is 0.269. The van der Waals surface area contributed by atoms with Crippen LogP contribution in [0.25, 0.3) is 0 Å². The average Bonchev–Trinajstić information content (AvgIpc) is 2.48. The van der Waals surface area contributed by atoms with Crippen LogP contribution >= 0.6 is 0 Å². The summed E-state index contributed by atoms with van der Waals surface area (Å²) in [5.41, 5.74) is 0. The molecule has 70 valence electrons. The van der Waals surface area contributed by atoms with Crippen molar-refractivity contribution < 1.29 is 19.3 Å². The second kappa shape index (κ2) is 3.53. The molecule has 4 heteroatoms. The summed E-state index contributed by atoms with van der Waals surface area (Å²) in [6.07, 6.45) is 2.21. The van der Waals surface area contributed by atoms with Gasteiger partial charge in [0.25, 0.3) is 0 Å². The maximum atomic E-state index is 9.36. The Labute approximate surface area is 71.7 Å². The van der Waals surface area contributed by atoms with Gasteiger partial charge in [0.05, 0.1) is 0 Å². The fraction of sp³-hybridized carbons (Fsp3) is 0.750. The second-order valence-electron chi connectivity index (χ2n) is 2.68. The molecule has 0 aromatic rings. The summed E-state index contributed by atoms with van der Waals surface area (Å²) < 4.78 is 15.3. The van der Waals surface area contributed by atoms with Gasteiger partial charge in [0.2, 0.25) is 5.79 Å². The van der Waals surface area contributed by atoms with Gasteiger partial charge >= 0.3 is 0 Å². The highest BCUT2D eigenvalue weighted by atomic mass is 16.8. The molecule has 0 aromatic heterocycles. The molecule has 0 unspecified atom stereocenters. The molecule has 0 aromatic carbocycles. The number of aliphatic hydroxyl groups excluding tert-OH is 1. The first-order chi connectivity index (χ1) is 5.64. The lowest BCUT2D eigenvalue weighted by atomic mass is 10.2. The van der Waals surface area contributed by atoms with Gasteiger partial charge in [0.1, 0.15) is 6.10 Å². The SMILES string of the molecule is CO[C@@H]1C=C[C@](OC)([C@@H](C)O)O1. The largest absolute Gasteiger partial charge is 0.387 e. The Bertz CT molecular complexity index is 178. The van der Waals surface area contributed by atoms with Crippen LogP contribution in [0.15, 0.2) is 12.2 Å². The van der Waals surface area contributed by atoms with Crippen LogP contribution in [0.1, 0.15) is 6.92 Å². The van der Waals surface area contributed by atoms with Crippen LogP contribution in [-0.2, 0) is 14.2 Å². The second-order valence-corrected chi connectivity index (χ2v) is 2.68. The third-order valence-electron chi connectivity index (χ3n) is 1.92. The van der Waals surface area contributed by atoms with Crippen LogP contribution in [0.2, 0.25) is 0 Å². The van der Waals surface area contributed by atoms with Crippen molar-refractivity contribution in [3.63, 3.8) is 0 Å². The molecular weight excluding hydrogens is 160 g/mol. The van der Waals surface area contributed by atoms with Crippen molar-refractivity contribution >= 4 is 0 Å². The van der Waals surface area contributed by atoms with E-state index < -0.39 is 18.2 Å². The van der Waals surface area contributed by atoms with Crippen molar-refractivity contribution in [3.8, 4) is 0 Å². The number of hydrogen-bond acceptors (Lipinski definition) is 4. The Kier molecular flexibility index (Phi) is 2.85. The van der Waals surface area contributed by atoms with Gasteiger partial charge in [0.15, 0.2) is 6.29 Å². The van der Waals surface area contributed by atoms with E-state index in [1.54, 1.807) is 19.1 Å². The van der Waals surface area contributed by atoms with E-state index in [2.05, 4.69) is 0 Å². The van der Waals surface area contributed by atoms with Gasteiger partial charge < -0.3 is 19.3 Å². The Balaban J connectivity index is 2.68. The highest BCUT2D eigenvalue weighted by Crippen LogP contribution is 2.27. The Hall–Kier alpha value is -0.420. The molecule has 1 heterocycles. The van der Waals surface area contributed by atoms with Crippen molar-refractivity contribution in [2.75, 3.05) is 14.2 Å². The molecule has 1 N–H and O–H groups in total. The molecule has 4 nitrogen and oxygen atoms in total. The standard InChI is InChI=1S/C8H14O4/c1-6(9)8(11-3)5-4-7(10-2)12-8/h4-7,9H,1-3H3/t6-,7+,8-/m1/s1. The summed E-state index contributed by atoms with van der Waals surface area (Å²) in [5, 5.41) is 9.36. The lowest BCUT2D eigenvalue weighted by molar-refractivity contribution is -0.275. The van der Waals surface area contributed by atoms with Gasteiger partial charge in [-0.05, 0) is 19.1 Å². The lowest BCUT2D eigenvalue weighted by Gasteiger charge is -2.29. The van der Waals surface area contributed by atoms with E-state index >= 15 is 0 Å². The molecule has 3 atom stereocenters. The third-order valence-corrected chi connectivity index (χ3v) is 1.92. The van der Waals surface area contributed by atoms with Crippen LogP contribution in [0, 0.1) is 0 Å². The number of aliphatic hydroxyl groups is 1. The highest BCUT2D eigenvalue weighted by molar-refractivity contribution is 5.07. The smallest absolute Gasteiger partial charge is 0.217 e. The van der Waals surface area contributed by atoms with Gasteiger partial charge in [-0.3, -0.25) is 0 Å². The van der Waals surface area contributed by atoms with Crippen LogP contribution in [0.4, 0.5) is 0 Å². The fourth-order valence-corrected chi connectivity index (χ4v) is 1.12. The Morgan fingerprint density at radius 3 is 2.50 bits per heavy atom. The first-order valence-electron chi connectivity index (χ1n) is 3.78. The van der Waals surface area contributed by atoms with Gasteiger partial charge in [-0.25, -0.2) is 0 Å². The van der Waals surface area contributed by atoms with Crippen molar-refractivity contribution in [2.24, 2.45) is 0 Å². The van der Waals surface area contributed by atoms with E-state index in [0.29, 0.717) is 0 Å². The summed E-state index contributed by atoms with van der Waals surface area (Å²) in [4.78, 5) is 0. The van der Waals surface area contributed by atoms with Crippen LogP contribution in [-0.4, -0.2) is 37.5 Å². The number of methoxy groups -OCH3 is 2. The fourth-order valence-electron chi connectivity index (χ4n) is 1.12. The van der Waals surface area contributed by atoms with E-state index in [-0.39, 0.29) is 0 Å². The van der Waals surface area contributed by atoms with Crippen molar-refractivity contribution in [3.05, 3.63) is 12.2 Å². The zero-order valence-corrected chi connectivity index (χ0v) is 7.48. The molecule has 12 heavy (non-hydrogen) atoms. The van der Waals surface area contributed by atoms with Gasteiger partial charge in [0, 0.05) is 14.2 Å². The maximum Gasteiger partial charge on any atom is 0.217 e. The summed E-state index contributed by atoms with van der Waals surface area (Å²) >= 11 is 0. The van der Waals surface area contributed by atoms with E-state index in [9.17, 15) is 5.11 Å². The number of ether oxygens (including phenoxy) is 3. The summed E-state index contributed by atoms with van der Waals surface area (Å²) in [7, 11) is 3.01. The van der Waals surface area contributed by atoms with Gasteiger partial charge in [-0.1, -0.05) is 0 Å². The highest BCUT2D eigenvalue weighted by Gasteiger charge is 2.40. The number of hydrogen-bond donors (Lipinski definition) is 1. The normalized spacial score (nSPS) is 37.2. The quantitative estimate of drug-likeness (QED) is 0.624. The molecule has 0 saturated heterocycles. The first-order valence-corrected chi connectivity index (χ1v) is 3.78. The van der Waals surface area contributed by atoms with E-state index in [0.717, 1.165) is 0 Å². The molecule has 0 radical (unpaired) electrons. The van der Waals surface area contributed by atoms with Crippen LogP contribution in [0.5, 0.6) is 0 Å². The molecule has 1 aliphatic rings. The molecule has 0 bridgehead atoms. The van der Waals surface area contributed by atoms with Gasteiger partial charge in [-0.2, -0.15) is 0 Å². The molecule has 0 saturated carbocycles. The number of rotatable bonds is 3. The summed E-state index contributed by atoms with van der Waals surface area (Å²) in [6.45, 7) is 1.60. The summed E-state index contributed by atoms with van der Waals surface area (Å²) in [5.74, 6) is -1.04. The Morgan fingerprint density at radius 1 is 1.58 bits per heavy atom. The minimum absolute atomic E-state index is 0.431. The third kappa shape index (κ3) is 1.51. The lowest BCUT2D eigenvalue weighted by Crippen LogP contribution is -2.42.